The van der Waals surface area contributed by atoms with Crippen LogP contribution in [0.25, 0.3) is 0 Å². The number of amidine groups is 1. The predicted molar refractivity (Wildman–Crippen MR) is 120 cm³/mol. The van der Waals surface area contributed by atoms with Crippen molar-refractivity contribution in [1.82, 2.24) is 4.90 Å². The van der Waals surface area contributed by atoms with E-state index in [-0.39, 0.29) is 29.5 Å². The van der Waals surface area contributed by atoms with Crippen LogP contribution in [0, 0.1) is 11.3 Å². The average Bonchev–Trinajstić information content (AvgIpc) is 3.26. The van der Waals surface area contributed by atoms with E-state index in [1.165, 1.54) is 43.3 Å². The summed E-state index contributed by atoms with van der Waals surface area (Å²) in [5.74, 6) is -7.40. The second-order valence-corrected chi connectivity index (χ2v) is 7.48. The van der Waals surface area contributed by atoms with Crippen LogP contribution in [-0.2, 0) is 25.6 Å². The maximum Gasteiger partial charge on any atom is 0.490 e. The Bertz CT molecular complexity index is 1180. The monoisotopic (exact) mass is 545 g/mol. The molecule has 6 N–H and O–H groups in total. The number of furan rings is 1. The van der Waals surface area contributed by atoms with Gasteiger partial charge in [-0.05, 0) is 36.4 Å². The number of nitrogens with zero attached hydrogens (tertiary/aromatic N) is 1. The van der Waals surface area contributed by atoms with Crippen LogP contribution in [0.3, 0.4) is 0 Å². The number of nitrogens with two attached hydrogens (primary N) is 1. The number of hydrogen-bond acceptors (Lipinski definition) is 8. The van der Waals surface area contributed by atoms with Crippen LogP contribution in [0.5, 0.6) is 5.75 Å². The molecule has 0 aliphatic rings. The van der Waals surface area contributed by atoms with Crippen molar-refractivity contribution >= 4 is 35.6 Å². The van der Waals surface area contributed by atoms with Crippen molar-refractivity contribution in [2.75, 3.05) is 13.1 Å². The van der Waals surface area contributed by atoms with Gasteiger partial charge in [0.25, 0.3) is 0 Å². The summed E-state index contributed by atoms with van der Waals surface area (Å²) in [5.41, 5.74) is 5.83. The van der Waals surface area contributed by atoms with E-state index in [4.69, 9.17) is 40.4 Å². The van der Waals surface area contributed by atoms with Crippen LogP contribution in [0.1, 0.15) is 28.8 Å². The van der Waals surface area contributed by atoms with E-state index in [0.717, 1.165) is 4.90 Å². The van der Waals surface area contributed by atoms with E-state index in [1.807, 2.05) is 0 Å². The Kier molecular flexibility index (Phi) is 11.0. The van der Waals surface area contributed by atoms with E-state index in [9.17, 15) is 32.3 Å². The predicted octanol–water partition coefficient (Wildman–Crippen LogP) is 1.59. The molecule has 0 spiro atoms. The number of esters is 1. The molecule has 1 unspecified atom stereocenters. The Morgan fingerprint density at radius 3 is 1.92 bits per heavy atom. The molecule has 2 rings (SSSR count). The lowest BCUT2D eigenvalue weighted by atomic mass is 10.0. The maximum absolute atomic E-state index is 12.4. The number of carbonyl (C=O) groups excluding carboxylic acids is 2. The number of ether oxygens (including phenoxy) is 1. The van der Waals surface area contributed by atoms with Gasteiger partial charge < -0.3 is 35.1 Å². The molecular formula is C22H22F3N3O10. The number of carbonyl (C=O) groups is 5. The number of nitrogens with one attached hydrogen (secondary N) is 1. The minimum Gasteiger partial charge on any atom is -0.480 e. The number of carboxylic acids is 3. The molecule has 0 radical (unpaired) electrons. The quantitative estimate of drug-likeness (QED) is 0.125. The van der Waals surface area contributed by atoms with Crippen molar-refractivity contribution in [3.05, 3.63) is 53.5 Å². The molecule has 1 aromatic carbocycles. The highest BCUT2D eigenvalue weighted by Gasteiger charge is 2.38. The average molecular weight is 545 g/mol. The summed E-state index contributed by atoms with van der Waals surface area (Å²) >= 11 is 0. The maximum atomic E-state index is 12.4. The first-order valence-corrected chi connectivity index (χ1v) is 10.3. The molecule has 13 nitrogen and oxygen atoms in total. The molecule has 206 valence electrons. The van der Waals surface area contributed by atoms with Gasteiger partial charge in [-0.1, -0.05) is 6.92 Å². The third-order valence-corrected chi connectivity index (χ3v) is 4.37. The molecule has 0 saturated carbocycles. The Balaban J connectivity index is 0.000000905. The van der Waals surface area contributed by atoms with Crippen LogP contribution < -0.4 is 10.5 Å². The van der Waals surface area contributed by atoms with Gasteiger partial charge in [0.05, 0.1) is 0 Å². The summed E-state index contributed by atoms with van der Waals surface area (Å²) in [7, 11) is 0. The van der Waals surface area contributed by atoms with Crippen molar-refractivity contribution in [1.29, 1.82) is 5.41 Å². The highest BCUT2D eigenvalue weighted by molar-refractivity contribution is 5.95. The molecule has 2 aromatic rings. The van der Waals surface area contributed by atoms with Gasteiger partial charge in [-0.25, -0.2) is 9.59 Å². The smallest absolute Gasteiger partial charge is 0.480 e. The number of hydrogen-bond donors (Lipinski definition) is 5. The lowest BCUT2D eigenvalue weighted by Gasteiger charge is -2.22. The Hall–Kier alpha value is -4.89. The second-order valence-electron chi connectivity index (χ2n) is 7.48. The molecule has 1 aromatic heterocycles. The summed E-state index contributed by atoms with van der Waals surface area (Å²) < 4.78 is 42.3. The summed E-state index contributed by atoms with van der Waals surface area (Å²) in [6.07, 6.45) is -5.06. The summed E-state index contributed by atoms with van der Waals surface area (Å²) in [6.45, 7) is 0.0113. The number of aliphatic carboxylic acids is 3. The summed E-state index contributed by atoms with van der Waals surface area (Å²) in [5, 5.41) is 32.2. The molecule has 1 heterocycles. The van der Waals surface area contributed by atoms with Crippen molar-refractivity contribution < 1.29 is 61.6 Å². The van der Waals surface area contributed by atoms with E-state index in [1.54, 1.807) is 0 Å². The number of halogens is 3. The van der Waals surface area contributed by atoms with Crippen molar-refractivity contribution in [2.24, 2.45) is 11.7 Å². The molecule has 16 heteroatoms. The molecule has 0 bridgehead atoms. The first-order valence-electron chi connectivity index (χ1n) is 10.3. The van der Waals surface area contributed by atoms with Gasteiger partial charge in [0, 0.05) is 17.9 Å². The van der Waals surface area contributed by atoms with E-state index < -0.39 is 55.0 Å². The van der Waals surface area contributed by atoms with Crippen LogP contribution >= 0.6 is 0 Å². The number of rotatable bonds is 10. The molecule has 1 amide bonds. The van der Waals surface area contributed by atoms with E-state index in [2.05, 4.69) is 0 Å². The minimum absolute atomic E-state index is 0.0230. The number of benzene rings is 1. The SMILES string of the molecule is CC(Cc1ccc(C(=O)Oc2ccc(C(=N)N)cc2)o1)C(=O)N(CC(=O)O)CC(=O)O.O=C(O)C(F)(F)F. The fourth-order valence-electron chi connectivity index (χ4n) is 2.70. The number of carboxylic acid groups (broad SMARTS) is 3. The number of alkyl halides is 3. The fourth-order valence-corrected chi connectivity index (χ4v) is 2.70. The van der Waals surface area contributed by atoms with E-state index in [0.29, 0.717) is 5.56 Å². The zero-order chi connectivity index (χ0) is 29.2. The van der Waals surface area contributed by atoms with Crippen molar-refractivity contribution in [2.45, 2.75) is 19.5 Å². The third-order valence-electron chi connectivity index (χ3n) is 4.37. The third kappa shape index (κ3) is 10.4. The lowest BCUT2D eigenvalue weighted by molar-refractivity contribution is -0.192. The van der Waals surface area contributed by atoms with Crippen molar-refractivity contribution in [3.8, 4) is 5.75 Å². The van der Waals surface area contributed by atoms with Gasteiger partial charge in [0.1, 0.15) is 30.4 Å². The molecule has 38 heavy (non-hydrogen) atoms. The second kappa shape index (κ2) is 13.4. The van der Waals surface area contributed by atoms with Gasteiger partial charge in [-0.3, -0.25) is 19.8 Å². The first-order chi connectivity index (χ1) is 17.5. The van der Waals surface area contributed by atoms with E-state index >= 15 is 0 Å². The highest BCUT2D eigenvalue weighted by atomic mass is 19.4. The molecule has 0 aliphatic heterocycles. The topological polar surface area (TPSA) is 222 Å². The van der Waals surface area contributed by atoms with Crippen LogP contribution in [0.2, 0.25) is 0 Å². The normalized spacial score (nSPS) is 11.4. The zero-order valence-corrected chi connectivity index (χ0v) is 19.5. The van der Waals surface area contributed by atoms with Gasteiger partial charge in [-0.2, -0.15) is 13.2 Å². The zero-order valence-electron chi connectivity index (χ0n) is 19.5. The molecule has 0 saturated heterocycles. The van der Waals surface area contributed by atoms with Crippen LogP contribution in [-0.4, -0.2) is 75.1 Å². The van der Waals surface area contributed by atoms with Crippen LogP contribution in [0.4, 0.5) is 13.2 Å². The van der Waals surface area contributed by atoms with Crippen molar-refractivity contribution in [3.63, 3.8) is 0 Å². The summed E-state index contributed by atoms with van der Waals surface area (Å²) in [4.78, 5) is 56.0. The Morgan fingerprint density at radius 2 is 1.50 bits per heavy atom. The number of amides is 1. The molecule has 1 atom stereocenters. The molecule has 0 aliphatic carbocycles. The largest absolute Gasteiger partial charge is 0.490 e. The first kappa shape index (κ1) is 31.1. The minimum atomic E-state index is -5.08. The highest BCUT2D eigenvalue weighted by Crippen LogP contribution is 2.18. The standard InChI is InChI=1S/C20H21N3O8.C2HF3O2/c1-11(19(28)23(9-16(24)25)10-17(26)27)8-14-6-7-15(30-14)20(29)31-13-4-2-12(3-5-13)18(21)22;3-2(4,5)1(6)7/h2-7,11H,8-10H2,1H3,(H3,21,22)(H,24,25)(H,26,27);(H,6,7). The number of nitrogen functional groups attached to an aromatic ring is 1. The van der Waals surface area contributed by atoms with Gasteiger partial charge in [0.15, 0.2) is 0 Å². The van der Waals surface area contributed by atoms with Gasteiger partial charge >= 0.3 is 30.1 Å². The Labute approximate surface area is 211 Å². The van der Waals surface area contributed by atoms with Crippen LogP contribution in [0.15, 0.2) is 40.8 Å². The fraction of sp³-hybridized carbons (Fsp3) is 0.273. The summed E-state index contributed by atoms with van der Waals surface area (Å²) in [6, 6.07) is 8.82. The molecular weight excluding hydrogens is 523 g/mol. The van der Waals surface area contributed by atoms with Gasteiger partial charge in [-0.15, -0.1) is 0 Å². The Morgan fingerprint density at radius 1 is 1.00 bits per heavy atom. The molecule has 0 fully saturated rings. The lowest BCUT2D eigenvalue weighted by Crippen LogP contribution is -2.42. The van der Waals surface area contributed by atoms with Gasteiger partial charge in [0.2, 0.25) is 11.7 Å².